The molecule has 0 aromatic carbocycles. The predicted octanol–water partition coefficient (Wildman–Crippen LogP) is 0.256. The molecule has 1 aliphatic carbocycles. The Morgan fingerprint density at radius 1 is 1.64 bits per heavy atom. The van der Waals surface area contributed by atoms with E-state index in [9.17, 15) is 4.79 Å². The van der Waals surface area contributed by atoms with Crippen molar-refractivity contribution in [3.05, 3.63) is 0 Å². The van der Waals surface area contributed by atoms with Crippen molar-refractivity contribution in [1.29, 1.82) is 0 Å². The van der Waals surface area contributed by atoms with Gasteiger partial charge in [0.15, 0.2) is 0 Å². The van der Waals surface area contributed by atoms with Crippen molar-refractivity contribution >= 4 is 6.09 Å². The molecule has 0 aliphatic heterocycles. The molecule has 1 rings (SSSR count). The van der Waals surface area contributed by atoms with Gasteiger partial charge in [-0.2, -0.15) is 0 Å². The van der Waals surface area contributed by atoms with Crippen molar-refractivity contribution in [3.8, 4) is 0 Å². The summed E-state index contributed by atoms with van der Waals surface area (Å²) < 4.78 is 4.42. The van der Waals surface area contributed by atoms with Crippen molar-refractivity contribution in [3.63, 3.8) is 0 Å². The van der Waals surface area contributed by atoms with Gasteiger partial charge in [-0.1, -0.05) is 0 Å². The fourth-order valence-electron chi connectivity index (χ4n) is 1.31. The van der Waals surface area contributed by atoms with Crippen LogP contribution >= 0.6 is 0 Å². The van der Waals surface area contributed by atoms with Gasteiger partial charge in [0.1, 0.15) is 0 Å². The lowest BCUT2D eigenvalue weighted by molar-refractivity contribution is 0.161. The average molecular weight is 159 g/mol. The first kappa shape index (κ1) is 8.33. The molecule has 2 N–H and O–H groups in total. The van der Waals surface area contributed by atoms with Gasteiger partial charge in [0.05, 0.1) is 13.2 Å². The molecule has 4 nitrogen and oxygen atoms in total. The van der Waals surface area contributed by atoms with E-state index in [-0.39, 0.29) is 12.1 Å². The van der Waals surface area contributed by atoms with Crippen LogP contribution < -0.4 is 5.32 Å². The summed E-state index contributed by atoms with van der Waals surface area (Å²) in [6.07, 6.45) is 1.60. The van der Waals surface area contributed by atoms with Gasteiger partial charge in [-0.25, -0.2) is 4.79 Å². The Bertz CT molecular complexity index is 149. The van der Waals surface area contributed by atoms with Crippen LogP contribution in [0.15, 0.2) is 0 Å². The third-order valence-corrected chi connectivity index (χ3v) is 1.91. The van der Waals surface area contributed by atoms with Crippen LogP contribution in [0.2, 0.25) is 0 Å². The van der Waals surface area contributed by atoms with Crippen LogP contribution in [0, 0.1) is 0 Å². The fourth-order valence-corrected chi connectivity index (χ4v) is 1.31. The number of aliphatic hydroxyl groups is 1. The first-order valence-electron chi connectivity index (χ1n) is 3.75. The molecule has 0 bridgehead atoms. The van der Waals surface area contributed by atoms with E-state index in [0.717, 1.165) is 12.8 Å². The van der Waals surface area contributed by atoms with Gasteiger partial charge in [-0.05, 0) is 19.3 Å². The van der Waals surface area contributed by atoms with Gasteiger partial charge in [0.25, 0.3) is 0 Å². The summed E-state index contributed by atoms with van der Waals surface area (Å²) in [6, 6.07) is 0.0949. The van der Waals surface area contributed by atoms with Crippen molar-refractivity contribution in [2.45, 2.75) is 31.4 Å². The van der Waals surface area contributed by atoms with E-state index in [4.69, 9.17) is 5.11 Å². The van der Waals surface area contributed by atoms with Crippen molar-refractivity contribution < 1.29 is 14.6 Å². The fraction of sp³-hybridized carbons (Fsp3) is 0.857. The Labute approximate surface area is 65.5 Å². The van der Waals surface area contributed by atoms with Crippen molar-refractivity contribution in [2.75, 3.05) is 7.11 Å². The van der Waals surface area contributed by atoms with Crippen LogP contribution in [0.5, 0.6) is 0 Å². The summed E-state index contributed by atoms with van der Waals surface area (Å²) in [6.45, 7) is 0. The van der Waals surface area contributed by atoms with Crippen LogP contribution in [-0.2, 0) is 4.74 Å². The maximum absolute atomic E-state index is 10.7. The number of hydrogen-bond donors (Lipinski definition) is 2. The highest BCUT2D eigenvalue weighted by molar-refractivity contribution is 5.67. The number of hydrogen-bond acceptors (Lipinski definition) is 3. The summed E-state index contributed by atoms with van der Waals surface area (Å²) in [4.78, 5) is 10.7. The maximum atomic E-state index is 10.7. The lowest BCUT2D eigenvalue weighted by Gasteiger charge is -2.09. The molecule has 0 unspecified atom stereocenters. The number of rotatable bonds is 1. The molecule has 0 spiro atoms. The maximum Gasteiger partial charge on any atom is 0.407 e. The minimum atomic E-state index is -0.413. The molecule has 1 saturated carbocycles. The second-order valence-corrected chi connectivity index (χ2v) is 2.80. The van der Waals surface area contributed by atoms with Gasteiger partial charge in [0.2, 0.25) is 0 Å². The zero-order valence-corrected chi connectivity index (χ0v) is 6.54. The summed E-state index contributed by atoms with van der Waals surface area (Å²) in [7, 11) is 1.33. The van der Waals surface area contributed by atoms with Gasteiger partial charge in [-0.15, -0.1) is 0 Å². The van der Waals surface area contributed by atoms with Crippen LogP contribution in [0.25, 0.3) is 0 Å². The van der Waals surface area contributed by atoms with E-state index in [1.807, 2.05) is 0 Å². The largest absolute Gasteiger partial charge is 0.453 e. The van der Waals surface area contributed by atoms with E-state index in [1.54, 1.807) is 0 Å². The smallest absolute Gasteiger partial charge is 0.407 e. The van der Waals surface area contributed by atoms with E-state index in [1.165, 1.54) is 7.11 Å². The number of ether oxygens (including phenoxy) is 1. The van der Waals surface area contributed by atoms with Gasteiger partial charge in [-0.3, -0.25) is 0 Å². The summed E-state index contributed by atoms with van der Waals surface area (Å²) in [5.74, 6) is 0. The topological polar surface area (TPSA) is 58.6 Å². The Kier molecular flexibility index (Phi) is 2.70. The minimum absolute atomic E-state index is 0.0949. The third-order valence-electron chi connectivity index (χ3n) is 1.91. The normalized spacial score (nSPS) is 30.0. The molecule has 11 heavy (non-hydrogen) atoms. The summed E-state index contributed by atoms with van der Waals surface area (Å²) in [5.41, 5.74) is 0. The lowest BCUT2D eigenvalue weighted by Crippen LogP contribution is -2.32. The number of alkyl carbamates (subject to hydrolysis) is 1. The van der Waals surface area contributed by atoms with Crippen LogP contribution in [0.3, 0.4) is 0 Å². The Hall–Kier alpha value is -0.770. The highest BCUT2D eigenvalue weighted by atomic mass is 16.5. The zero-order valence-electron chi connectivity index (χ0n) is 6.54. The summed E-state index contributed by atoms with van der Waals surface area (Å²) >= 11 is 0. The van der Waals surface area contributed by atoms with Crippen LogP contribution in [0.4, 0.5) is 4.79 Å². The third kappa shape index (κ3) is 2.38. The number of nitrogens with one attached hydrogen (secondary N) is 1. The number of carbonyl (C=O) groups excluding carboxylic acids is 1. The molecule has 1 amide bonds. The number of carbonyl (C=O) groups is 1. The highest BCUT2D eigenvalue weighted by Gasteiger charge is 2.23. The highest BCUT2D eigenvalue weighted by Crippen LogP contribution is 2.18. The average Bonchev–Trinajstić information content (AvgIpc) is 2.35. The molecule has 1 fully saturated rings. The van der Waals surface area contributed by atoms with Crippen molar-refractivity contribution in [2.24, 2.45) is 0 Å². The first-order chi connectivity index (χ1) is 5.22. The van der Waals surface area contributed by atoms with Crippen molar-refractivity contribution in [1.82, 2.24) is 5.32 Å². The molecule has 0 saturated heterocycles. The predicted molar refractivity (Wildman–Crippen MR) is 39.2 cm³/mol. The molecular weight excluding hydrogens is 146 g/mol. The second kappa shape index (κ2) is 3.57. The quantitative estimate of drug-likeness (QED) is 0.576. The minimum Gasteiger partial charge on any atom is -0.453 e. The van der Waals surface area contributed by atoms with Gasteiger partial charge >= 0.3 is 6.09 Å². The number of methoxy groups -OCH3 is 1. The molecule has 0 aromatic heterocycles. The van der Waals surface area contributed by atoms with E-state index in [2.05, 4.69) is 10.1 Å². The summed E-state index contributed by atoms with van der Waals surface area (Å²) in [5, 5.41) is 11.7. The Morgan fingerprint density at radius 3 is 2.82 bits per heavy atom. The molecule has 2 atom stereocenters. The number of aliphatic hydroxyl groups excluding tert-OH is 1. The zero-order chi connectivity index (χ0) is 8.27. The molecule has 0 heterocycles. The molecule has 4 heteroatoms. The van der Waals surface area contributed by atoms with Crippen LogP contribution in [-0.4, -0.2) is 30.5 Å². The second-order valence-electron chi connectivity index (χ2n) is 2.80. The standard InChI is InChI=1S/C7H13NO3/c1-11-7(10)8-5-2-3-6(9)4-5/h5-6,9H,2-4H2,1H3,(H,8,10)/t5-,6+/m1/s1. The van der Waals surface area contributed by atoms with E-state index < -0.39 is 6.09 Å². The van der Waals surface area contributed by atoms with Gasteiger partial charge in [0, 0.05) is 6.04 Å². The van der Waals surface area contributed by atoms with Gasteiger partial charge < -0.3 is 15.2 Å². The van der Waals surface area contributed by atoms with E-state index in [0.29, 0.717) is 6.42 Å². The molecular formula is C7H13NO3. The molecule has 0 radical (unpaired) electrons. The molecule has 64 valence electrons. The van der Waals surface area contributed by atoms with E-state index >= 15 is 0 Å². The molecule has 1 aliphatic rings. The monoisotopic (exact) mass is 159 g/mol. The Morgan fingerprint density at radius 2 is 2.36 bits per heavy atom. The van der Waals surface area contributed by atoms with Crippen LogP contribution in [0.1, 0.15) is 19.3 Å². The lowest BCUT2D eigenvalue weighted by atomic mass is 10.2. The Balaban J connectivity index is 2.23. The molecule has 0 aromatic rings. The number of amides is 1. The SMILES string of the molecule is COC(=O)N[C@@H]1CC[C@H](O)C1. The first-order valence-corrected chi connectivity index (χ1v) is 3.75.